The zero-order valence-corrected chi connectivity index (χ0v) is 26.0. The lowest BCUT2D eigenvalue weighted by molar-refractivity contribution is -0.189. The Balaban J connectivity index is 1.67. The molecule has 44 heavy (non-hydrogen) atoms. The number of hydrogen-bond donors (Lipinski definition) is 3. The molecule has 0 aliphatic heterocycles. The fraction of sp³-hybridized carbons (Fsp3) is 0.452. The molecule has 240 valence electrons. The van der Waals surface area contributed by atoms with Gasteiger partial charge in [0, 0.05) is 37.0 Å². The Morgan fingerprint density at radius 1 is 1.09 bits per heavy atom. The SMILES string of the molecule is CC[C@@H](NC(=O)OC(C)C)c1nc(-c2ccc(C[C@@H](CCO)NC(=O)c3ccc(O[C@H](C)C(F)(F)F)c(Cl)c3)cc2)cn1C. The van der Waals surface area contributed by atoms with E-state index in [-0.39, 0.29) is 41.5 Å². The maximum atomic E-state index is 12.9. The molecular formula is C31H38ClF3N4O5. The van der Waals surface area contributed by atoms with Gasteiger partial charge in [0.25, 0.3) is 5.91 Å². The third kappa shape index (κ3) is 9.62. The summed E-state index contributed by atoms with van der Waals surface area (Å²) in [5.74, 6) is 0.0116. The quantitative estimate of drug-likeness (QED) is 0.200. The lowest BCUT2D eigenvalue weighted by atomic mass is 10.0. The highest BCUT2D eigenvalue weighted by atomic mass is 35.5. The van der Waals surface area contributed by atoms with E-state index in [2.05, 4.69) is 10.6 Å². The summed E-state index contributed by atoms with van der Waals surface area (Å²) in [7, 11) is 1.86. The number of carbonyl (C=O) groups is 2. The van der Waals surface area contributed by atoms with Crippen molar-refractivity contribution < 1.29 is 37.3 Å². The molecule has 3 atom stereocenters. The first kappa shape index (κ1) is 34.7. The highest BCUT2D eigenvalue weighted by Crippen LogP contribution is 2.31. The molecule has 0 saturated heterocycles. The third-order valence-electron chi connectivity index (χ3n) is 6.77. The van der Waals surface area contributed by atoms with Gasteiger partial charge >= 0.3 is 12.3 Å². The zero-order chi connectivity index (χ0) is 32.6. The molecule has 3 aromatic rings. The smallest absolute Gasteiger partial charge is 0.425 e. The number of halogens is 4. The van der Waals surface area contributed by atoms with Crippen molar-refractivity contribution in [2.45, 2.75) is 77.4 Å². The van der Waals surface area contributed by atoms with Gasteiger partial charge in [0.15, 0.2) is 6.10 Å². The van der Waals surface area contributed by atoms with Gasteiger partial charge in [0.2, 0.25) is 0 Å². The van der Waals surface area contributed by atoms with Crippen LogP contribution in [0.2, 0.25) is 5.02 Å². The zero-order valence-electron chi connectivity index (χ0n) is 25.2. The van der Waals surface area contributed by atoms with Crippen LogP contribution in [0.25, 0.3) is 11.3 Å². The van der Waals surface area contributed by atoms with E-state index >= 15 is 0 Å². The number of rotatable bonds is 13. The van der Waals surface area contributed by atoms with E-state index in [1.165, 1.54) is 18.2 Å². The normalized spacial score (nSPS) is 13.7. The monoisotopic (exact) mass is 638 g/mol. The van der Waals surface area contributed by atoms with Crippen LogP contribution in [-0.4, -0.2) is 57.7 Å². The molecule has 3 N–H and O–H groups in total. The Labute approximate surface area is 259 Å². The largest absolute Gasteiger partial charge is 0.480 e. The van der Waals surface area contributed by atoms with Crippen LogP contribution in [0.1, 0.15) is 68.3 Å². The van der Waals surface area contributed by atoms with Crippen molar-refractivity contribution in [2.75, 3.05) is 6.61 Å². The van der Waals surface area contributed by atoms with Gasteiger partial charge in [-0.3, -0.25) is 4.79 Å². The molecule has 0 spiro atoms. The Bertz CT molecular complexity index is 1410. The van der Waals surface area contributed by atoms with Crippen LogP contribution in [0.4, 0.5) is 18.0 Å². The molecule has 0 aliphatic carbocycles. The van der Waals surface area contributed by atoms with Gasteiger partial charge < -0.3 is 29.8 Å². The average Bonchev–Trinajstić information content (AvgIpc) is 3.33. The molecule has 1 aromatic heterocycles. The highest BCUT2D eigenvalue weighted by Gasteiger charge is 2.38. The number of alkyl carbamates (subject to hydrolysis) is 1. The van der Waals surface area contributed by atoms with Crippen molar-refractivity contribution in [3.8, 4) is 17.0 Å². The second-order valence-corrected chi connectivity index (χ2v) is 11.1. The van der Waals surface area contributed by atoms with E-state index in [4.69, 9.17) is 26.1 Å². The molecule has 0 fully saturated rings. The van der Waals surface area contributed by atoms with Crippen LogP contribution < -0.4 is 15.4 Å². The van der Waals surface area contributed by atoms with Crippen molar-refractivity contribution in [2.24, 2.45) is 7.05 Å². The van der Waals surface area contributed by atoms with Crippen LogP contribution in [0.3, 0.4) is 0 Å². The number of aromatic nitrogens is 2. The van der Waals surface area contributed by atoms with Crippen LogP contribution in [-0.2, 0) is 18.2 Å². The number of benzene rings is 2. The third-order valence-corrected chi connectivity index (χ3v) is 7.07. The van der Waals surface area contributed by atoms with E-state index in [1.807, 2.05) is 49.0 Å². The number of hydrogen-bond acceptors (Lipinski definition) is 6. The topological polar surface area (TPSA) is 115 Å². The van der Waals surface area contributed by atoms with Gasteiger partial charge in [0.1, 0.15) is 11.6 Å². The Kier molecular flexibility index (Phi) is 12.1. The molecule has 0 aliphatic rings. The van der Waals surface area contributed by atoms with Gasteiger partial charge in [-0.2, -0.15) is 13.2 Å². The van der Waals surface area contributed by atoms with E-state index in [0.29, 0.717) is 18.7 Å². The number of aliphatic hydroxyl groups is 1. The number of carbonyl (C=O) groups excluding carboxylic acids is 2. The minimum atomic E-state index is -4.56. The fourth-order valence-electron chi connectivity index (χ4n) is 4.42. The summed E-state index contributed by atoms with van der Waals surface area (Å²) in [6.07, 6.45) is -4.18. The van der Waals surface area contributed by atoms with Crippen LogP contribution in [0.15, 0.2) is 48.7 Å². The molecule has 1 heterocycles. The van der Waals surface area contributed by atoms with Gasteiger partial charge in [-0.05, 0) is 63.8 Å². The predicted molar refractivity (Wildman–Crippen MR) is 161 cm³/mol. The van der Waals surface area contributed by atoms with Gasteiger partial charge in [0.05, 0.1) is 22.9 Å². The number of nitrogens with zero attached hydrogens (tertiary/aromatic N) is 2. The number of nitrogens with one attached hydrogen (secondary N) is 2. The second kappa shape index (κ2) is 15.3. The van der Waals surface area contributed by atoms with Crippen molar-refractivity contribution in [3.05, 3.63) is 70.6 Å². The minimum Gasteiger partial charge on any atom is -0.480 e. The number of imidazole rings is 1. The van der Waals surface area contributed by atoms with E-state index in [1.54, 1.807) is 13.8 Å². The lowest BCUT2D eigenvalue weighted by Gasteiger charge is -2.20. The Morgan fingerprint density at radius 2 is 1.77 bits per heavy atom. The lowest BCUT2D eigenvalue weighted by Crippen LogP contribution is -2.37. The molecule has 2 aromatic carbocycles. The summed E-state index contributed by atoms with van der Waals surface area (Å²) in [6, 6.07) is 10.7. The van der Waals surface area contributed by atoms with Gasteiger partial charge in [-0.1, -0.05) is 42.8 Å². The summed E-state index contributed by atoms with van der Waals surface area (Å²) in [5.41, 5.74) is 2.62. The number of aliphatic hydroxyl groups excluding tert-OH is 1. The van der Waals surface area contributed by atoms with E-state index in [9.17, 15) is 27.9 Å². The van der Waals surface area contributed by atoms with Crippen LogP contribution >= 0.6 is 11.6 Å². The molecule has 0 radical (unpaired) electrons. The average molecular weight is 639 g/mol. The molecule has 13 heteroatoms. The minimum absolute atomic E-state index is 0.128. The molecule has 2 amide bonds. The summed E-state index contributed by atoms with van der Waals surface area (Å²) in [6.45, 7) is 6.20. The summed E-state index contributed by atoms with van der Waals surface area (Å²) in [4.78, 5) is 29.8. The number of amides is 2. The van der Waals surface area contributed by atoms with Crippen LogP contribution in [0.5, 0.6) is 5.75 Å². The Hall–Kier alpha value is -3.77. The fourth-order valence-corrected chi connectivity index (χ4v) is 4.65. The summed E-state index contributed by atoms with van der Waals surface area (Å²) < 4.78 is 50.5. The molecule has 0 bridgehead atoms. The molecule has 0 unspecified atom stereocenters. The predicted octanol–water partition coefficient (Wildman–Crippen LogP) is 6.38. The van der Waals surface area contributed by atoms with Gasteiger partial charge in [-0.25, -0.2) is 9.78 Å². The Morgan fingerprint density at radius 3 is 2.34 bits per heavy atom. The van der Waals surface area contributed by atoms with Crippen molar-refractivity contribution in [1.29, 1.82) is 0 Å². The van der Waals surface area contributed by atoms with Crippen molar-refractivity contribution >= 4 is 23.6 Å². The maximum absolute atomic E-state index is 12.9. The summed E-state index contributed by atoms with van der Waals surface area (Å²) in [5, 5.41) is 15.2. The molecule has 0 saturated carbocycles. The highest BCUT2D eigenvalue weighted by molar-refractivity contribution is 6.32. The molecule has 9 nitrogen and oxygen atoms in total. The maximum Gasteiger partial charge on any atom is 0.425 e. The number of alkyl halides is 3. The molecule has 3 rings (SSSR count). The standard InChI is InChI=1S/C31H38ClF3N4O5/c1-6-25(38-30(42)43-18(2)3)28-37-26(17-39(28)5)21-9-7-20(8-10-21)15-23(13-14-40)36-29(41)22-11-12-27(24(32)16-22)44-19(4)31(33,34)35/h7-12,16-19,23,25,40H,6,13-15H2,1-5H3,(H,36,41)(H,38,42)/t19-,23-,25-/m1/s1. The summed E-state index contributed by atoms with van der Waals surface area (Å²) >= 11 is 6.09. The van der Waals surface area contributed by atoms with E-state index < -0.39 is 30.3 Å². The first-order valence-electron chi connectivity index (χ1n) is 14.3. The number of aryl methyl sites for hydroxylation is 1. The molecular weight excluding hydrogens is 601 g/mol. The van der Waals surface area contributed by atoms with E-state index in [0.717, 1.165) is 23.7 Å². The first-order chi connectivity index (χ1) is 20.7. The van der Waals surface area contributed by atoms with Gasteiger partial charge in [-0.15, -0.1) is 0 Å². The van der Waals surface area contributed by atoms with Crippen LogP contribution in [0, 0.1) is 0 Å². The van der Waals surface area contributed by atoms with Crippen molar-refractivity contribution in [3.63, 3.8) is 0 Å². The number of ether oxygens (including phenoxy) is 2. The first-order valence-corrected chi connectivity index (χ1v) is 14.6. The second-order valence-electron chi connectivity index (χ2n) is 10.7. The van der Waals surface area contributed by atoms with Crippen molar-refractivity contribution in [1.82, 2.24) is 20.2 Å².